The van der Waals surface area contributed by atoms with E-state index >= 15 is 0 Å². The van der Waals surface area contributed by atoms with Crippen LogP contribution >= 0.6 is 23.2 Å². The van der Waals surface area contributed by atoms with E-state index in [-0.39, 0.29) is 0 Å². The van der Waals surface area contributed by atoms with E-state index in [9.17, 15) is 0 Å². The molecule has 0 aliphatic rings. The third kappa shape index (κ3) is 4.69. The monoisotopic (exact) mass is 431 g/mol. The van der Waals surface area contributed by atoms with Crippen molar-refractivity contribution in [1.29, 1.82) is 0 Å². The molecule has 2 aromatic carbocycles. The normalized spacial score (nSPS) is 10.6. The zero-order chi connectivity index (χ0) is 20.8. The van der Waals surface area contributed by atoms with Crippen LogP contribution in [0.2, 0.25) is 10.0 Å². The Bertz CT molecular complexity index is 973. The number of methoxy groups -OCH3 is 2. The molecule has 7 heteroatoms. The second-order valence-corrected chi connectivity index (χ2v) is 7.14. The fraction of sp³-hybridized carbons (Fsp3) is 0.227. The minimum Gasteiger partial charge on any atom is -0.495 e. The fourth-order valence-corrected chi connectivity index (χ4v) is 3.78. The van der Waals surface area contributed by atoms with Crippen LogP contribution in [0.25, 0.3) is 11.3 Å². The second-order valence-electron chi connectivity index (χ2n) is 6.38. The molecule has 2 N–H and O–H groups in total. The maximum Gasteiger partial charge on any atom is 0.141 e. The second kappa shape index (κ2) is 9.72. The lowest BCUT2D eigenvalue weighted by Gasteiger charge is -2.14. The molecular weight excluding hydrogens is 409 g/mol. The summed E-state index contributed by atoms with van der Waals surface area (Å²) >= 11 is 12.9. The lowest BCUT2D eigenvalue weighted by Crippen LogP contribution is -1.99. The molecule has 0 aliphatic carbocycles. The molecule has 0 saturated carbocycles. The molecule has 1 aromatic heterocycles. The number of rotatable bonds is 9. The first-order valence-electron chi connectivity index (χ1n) is 9.16. The lowest BCUT2D eigenvalue weighted by atomic mass is 10.1. The SMILES string of the molecule is C=CCNc1ccccc1-c1cc(CCc2c(Cl)c(OC)cc(OC)c2Cl)[nH]n1. The summed E-state index contributed by atoms with van der Waals surface area (Å²) in [5, 5.41) is 11.9. The standard InChI is InChI=1S/C22H23Cl2N3O2/c1-4-11-25-17-8-6-5-7-15(17)18-12-14(26-27-18)9-10-16-21(23)19(28-2)13-20(29-3)22(16)24/h4-8,12-13,25H,1,9-11H2,2-3H3,(H,26,27). The molecule has 0 atom stereocenters. The number of para-hydroxylation sites is 1. The first-order valence-corrected chi connectivity index (χ1v) is 9.92. The molecule has 0 spiro atoms. The predicted octanol–water partition coefficient (Wildman–Crippen LogP) is 5.78. The van der Waals surface area contributed by atoms with E-state index in [1.807, 2.05) is 36.4 Å². The first-order chi connectivity index (χ1) is 14.1. The van der Waals surface area contributed by atoms with Crippen LogP contribution in [0.4, 0.5) is 5.69 Å². The third-order valence-corrected chi connectivity index (χ3v) is 5.41. The van der Waals surface area contributed by atoms with E-state index in [0.717, 1.165) is 28.2 Å². The summed E-state index contributed by atoms with van der Waals surface area (Å²) in [6.07, 6.45) is 3.12. The molecular formula is C22H23Cl2N3O2. The van der Waals surface area contributed by atoms with Gasteiger partial charge >= 0.3 is 0 Å². The molecule has 0 unspecified atom stereocenters. The van der Waals surface area contributed by atoms with E-state index in [1.165, 1.54) is 0 Å². The summed E-state index contributed by atoms with van der Waals surface area (Å²) in [6, 6.07) is 11.8. The number of hydrogen-bond acceptors (Lipinski definition) is 4. The van der Waals surface area contributed by atoms with Crippen LogP contribution in [0, 0.1) is 0 Å². The van der Waals surface area contributed by atoms with E-state index in [0.29, 0.717) is 40.9 Å². The molecule has 5 nitrogen and oxygen atoms in total. The Labute approximate surface area is 180 Å². The van der Waals surface area contributed by atoms with Crippen molar-refractivity contribution in [2.45, 2.75) is 12.8 Å². The minimum absolute atomic E-state index is 0.497. The van der Waals surface area contributed by atoms with Gasteiger partial charge in [0.15, 0.2) is 0 Å². The van der Waals surface area contributed by atoms with Crippen LogP contribution in [-0.2, 0) is 12.8 Å². The van der Waals surface area contributed by atoms with Gasteiger partial charge in [-0.15, -0.1) is 6.58 Å². The van der Waals surface area contributed by atoms with Crippen LogP contribution < -0.4 is 14.8 Å². The van der Waals surface area contributed by atoms with E-state index in [1.54, 1.807) is 20.3 Å². The van der Waals surface area contributed by atoms with Crippen molar-refractivity contribution in [2.75, 3.05) is 26.1 Å². The van der Waals surface area contributed by atoms with Gasteiger partial charge in [-0.2, -0.15) is 5.10 Å². The number of H-pyrrole nitrogens is 1. The number of nitrogens with zero attached hydrogens (tertiary/aromatic N) is 1. The predicted molar refractivity (Wildman–Crippen MR) is 120 cm³/mol. The van der Waals surface area contributed by atoms with Gasteiger partial charge in [-0.3, -0.25) is 5.10 Å². The van der Waals surface area contributed by atoms with E-state index < -0.39 is 0 Å². The van der Waals surface area contributed by atoms with Crippen LogP contribution in [0.15, 0.2) is 49.1 Å². The van der Waals surface area contributed by atoms with Crippen molar-refractivity contribution < 1.29 is 9.47 Å². The highest BCUT2D eigenvalue weighted by Crippen LogP contribution is 2.41. The van der Waals surface area contributed by atoms with Gasteiger partial charge in [0.1, 0.15) is 11.5 Å². The van der Waals surface area contributed by atoms with Crippen molar-refractivity contribution in [3.05, 3.63) is 70.4 Å². The lowest BCUT2D eigenvalue weighted by molar-refractivity contribution is 0.393. The average molecular weight is 432 g/mol. The number of nitrogens with one attached hydrogen (secondary N) is 2. The van der Waals surface area contributed by atoms with Gasteiger partial charge in [0.25, 0.3) is 0 Å². The van der Waals surface area contributed by atoms with Gasteiger partial charge in [-0.25, -0.2) is 0 Å². The summed E-state index contributed by atoms with van der Waals surface area (Å²) in [5.74, 6) is 1.07. The number of ether oxygens (including phenoxy) is 2. The maximum absolute atomic E-state index is 6.47. The summed E-state index contributed by atoms with van der Waals surface area (Å²) < 4.78 is 10.7. The summed E-state index contributed by atoms with van der Waals surface area (Å²) in [4.78, 5) is 0. The Morgan fingerprint density at radius 1 is 1.07 bits per heavy atom. The third-order valence-electron chi connectivity index (χ3n) is 4.58. The van der Waals surface area contributed by atoms with Crippen LogP contribution in [0.1, 0.15) is 11.3 Å². The zero-order valence-electron chi connectivity index (χ0n) is 16.4. The Morgan fingerprint density at radius 2 is 1.76 bits per heavy atom. The molecule has 0 aliphatic heterocycles. The number of aromatic nitrogens is 2. The number of hydrogen-bond donors (Lipinski definition) is 2. The highest BCUT2D eigenvalue weighted by molar-refractivity contribution is 6.37. The van der Waals surface area contributed by atoms with Crippen molar-refractivity contribution in [1.82, 2.24) is 10.2 Å². The zero-order valence-corrected chi connectivity index (χ0v) is 17.9. The van der Waals surface area contributed by atoms with Gasteiger partial charge in [-0.05, 0) is 30.5 Å². The number of halogens is 2. The quantitative estimate of drug-likeness (QED) is 0.421. The van der Waals surface area contributed by atoms with Gasteiger partial charge in [0.05, 0.1) is 30.0 Å². The van der Waals surface area contributed by atoms with Crippen molar-refractivity contribution in [3.63, 3.8) is 0 Å². The topological polar surface area (TPSA) is 59.2 Å². The van der Waals surface area contributed by atoms with Crippen LogP contribution in [0.5, 0.6) is 11.5 Å². The minimum atomic E-state index is 0.497. The van der Waals surface area contributed by atoms with Gasteiger partial charge in [0.2, 0.25) is 0 Å². The average Bonchev–Trinajstić information content (AvgIpc) is 3.21. The van der Waals surface area contributed by atoms with Gasteiger partial charge in [-0.1, -0.05) is 47.5 Å². The Hall–Kier alpha value is -2.63. The van der Waals surface area contributed by atoms with E-state index in [4.69, 9.17) is 32.7 Å². The maximum atomic E-state index is 6.47. The molecule has 1 heterocycles. The molecule has 3 aromatic rings. The number of anilines is 1. The molecule has 0 radical (unpaired) electrons. The summed E-state index contributed by atoms with van der Waals surface area (Å²) in [6.45, 7) is 4.43. The molecule has 3 rings (SSSR count). The van der Waals surface area contributed by atoms with E-state index in [2.05, 4.69) is 22.1 Å². The van der Waals surface area contributed by atoms with Crippen molar-refractivity contribution in [2.24, 2.45) is 0 Å². The highest BCUT2D eigenvalue weighted by Gasteiger charge is 2.17. The molecule has 0 bridgehead atoms. The highest BCUT2D eigenvalue weighted by atomic mass is 35.5. The Balaban J connectivity index is 1.81. The number of aryl methyl sites for hydroxylation is 1. The van der Waals surface area contributed by atoms with Crippen LogP contribution in [0.3, 0.4) is 0 Å². The van der Waals surface area contributed by atoms with Gasteiger partial charge < -0.3 is 14.8 Å². The first kappa shape index (κ1) is 21.1. The van der Waals surface area contributed by atoms with Crippen molar-refractivity contribution >= 4 is 28.9 Å². The molecule has 152 valence electrons. The number of aromatic amines is 1. The van der Waals surface area contributed by atoms with Gasteiger partial charge in [0, 0.05) is 29.6 Å². The molecule has 0 fully saturated rings. The smallest absolute Gasteiger partial charge is 0.141 e. The molecule has 29 heavy (non-hydrogen) atoms. The largest absolute Gasteiger partial charge is 0.495 e. The number of benzene rings is 2. The Morgan fingerprint density at radius 3 is 2.41 bits per heavy atom. The van der Waals surface area contributed by atoms with Crippen LogP contribution in [-0.4, -0.2) is 31.0 Å². The fourth-order valence-electron chi connectivity index (χ4n) is 3.09. The molecule has 0 saturated heterocycles. The van der Waals surface area contributed by atoms with Crippen molar-refractivity contribution in [3.8, 4) is 22.8 Å². The Kier molecular flexibility index (Phi) is 7.07. The summed E-state index contributed by atoms with van der Waals surface area (Å²) in [7, 11) is 3.13. The molecule has 0 amide bonds. The summed E-state index contributed by atoms with van der Waals surface area (Å²) in [5.41, 5.74) is 4.67.